The Morgan fingerprint density at radius 1 is 1.21 bits per heavy atom. The molecule has 5 heteroatoms. The molecule has 0 aromatic heterocycles. The summed E-state index contributed by atoms with van der Waals surface area (Å²) in [6.07, 6.45) is 6.18. The summed E-state index contributed by atoms with van der Waals surface area (Å²) in [6.45, 7) is 4.23. The molecule has 2 aromatic carbocycles. The Bertz CT molecular complexity index is 853. The number of aliphatic carboxylic acids is 1. The van der Waals surface area contributed by atoms with E-state index < -0.39 is 5.97 Å². The van der Waals surface area contributed by atoms with E-state index in [0.29, 0.717) is 24.0 Å². The first-order valence-corrected chi connectivity index (χ1v) is 9.58. The smallest absolute Gasteiger partial charge is 0.307 e. The van der Waals surface area contributed by atoms with Gasteiger partial charge in [0.15, 0.2) is 0 Å². The highest BCUT2D eigenvalue weighted by molar-refractivity contribution is 5.86. The van der Waals surface area contributed by atoms with Crippen LogP contribution < -0.4 is 10.1 Å². The topological polar surface area (TPSA) is 82.4 Å². The number of carboxylic acids is 1. The number of nitrogens with one attached hydrogen (secondary N) is 2. The Morgan fingerprint density at radius 3 is 2.57 bits per heavy atom. The summed E-state index contributed by atoms with van der Waals surface area (Å²) in [6, 6.07) is 13.8. The van der Waals surface area contributed by atoms with Gasteiger partial charge in [-0.05, 0) is 47.7 Å². The summed E-state index contributed by atoms with van der Waals surface area (Å²) in [4.78, 5) is 10.8. The van der Waals surface area contributed by atoms with Gasteiger partial charge < -0.3 is 20.6 Å². The molecule has 0 heterocycles. The lowest BCUT2D eigenvalue weighted by Gasteiger charge is -2.17. The Balaban J connectivity index is 1.62. The fourth-order valence-corrected chi connectivity index (χ4v) is 3.47. The van der Waals surface area contributed by atoms with Crippen LogP contribution in [0.25, 0.3) is 5.57 Å². The Kier molecular flexibility index (Phi) is 6.48. The van der Waals surface area contributed by atoms with Crippen LogP contribution in [0.3, 0.4) is 0 Å². The van der Waals surface area contributed by atoms with Gasteiger partial charge in [-0.1, -0.05) is 43.7 Å². The average Bonchev–Trinajstić information content (AvgIpc) is 3.19. The first-order chi connectivity index (χ1) is 13.5. The SMILES string of the molecule is C=C(CC(=O)O)c1ccc(OCc2ccc(C=N)c(NC3CCCC3)c2)cc1. The molecule has 2 aromatic rings. The first kappa shape index (κ1) is 19.7. The summed E-state index contributed by atoms with van der Waals surface area (Å²) < 4.78 is 5.88. The maximum atomic E-state index is 10.8. The van der Waals surface area contributed by atoms with Crippen molar-refractivity contribution in [3.8, 4) is 5.75 Å². The van der Waals surface area contributed by atoms with E-state index in [0.717, 1.165) is 22.4 Å². The van der Waals surface area contributed by atoms with Gasteiger partial charge in [-0.15, -0.1) is 0 Å². The van der Waals surface area contributed by atoms with Gasteiger partial charge in [-0.25, -0.2) is 0 Å². The molecule has 146 valence electrons. The minimum Gasteiger partial charge on any atom is -0.489 e. The van der Waals surface area contributed by atoms with Gasteiger partial charge in [-0.3, -0.25) is 4.79 Å². The van der Waals surface area contributed by atoms with Crippen LogP contribution in [0.2, 0.25) is 0 Å². The third-order valence-electron chi connectivity index (χ3n) is 5.02. The van der Waals surface area contributed by atoms with Gasteiger partial charge in [0.05, 0.1) is 6.42 Å². The normalized spacial score (nSPS) is 13.9. The van der Waals surface area contributed by atoms with E-state index >= 15 is 0 Å². The molecule has 0 amide bonds. The standard InChI is InChI=1S/C23H26N2O3/c1-16(12-23(26)27)18-8-10-21(11-9-18)28-15-17-6-7-19(14-24)22(13-17)25-20-4-2-3-5-20/h6-11,13-14,20,24-25H,1-5,12,15H2,(H,26,27). The van der Waals surface area contributed by atoms with E-state index in [1.165, 1.54) is 31.9 Å². The van der Waals surface area contributed by atoms with E-state index in [4.69, 9.17) is 15.3 Å². The van der Waals surface area contributed by atoms with E-state index in [-0.39, 0.29) is 6.42 Å². The molecular formula is C23H26N2O3. The van der Waals surface area contributed by atoms with Crippen LogP contribution >= 0.6 is 0 Å². The third kappa shape index (κ3) is 5.22. The minimum atomic E-state index is -0.888. The largest absolute Gasteiger partial charge is 0.489 e. The molecule has 0 saturated heterocycles. The van der Waals surface area contributed by atoms with E-state index in [9.17, 15) is 4.79 Å². The Labute approximate surface area is 165 Å². The molecule has 1 saturated carbocycles. The van der Waals surface area contributed by atoms with Gasteiger partial charge in [-0.2, -0.15) is 0 Å². The fraction of sp³-hybridized carbons (Fsp3) is 0.304. The lowest BCUT2D eigenvalue weighted by molar-refractivity contribution is -0.135. The van der Waals surface area contributed by atoms with Gasteiger partial charge >= 0.3 is 5.97 Å². The maximum Gasteiger partial charge on any atom is 0.307 e. The number of anilines is 1. The molecule has 0 spiro atoms. The van der Waals surface area contributed by atoms with Crippen molar-refractivity contribution in [3.05, 3.63) is 65.7 Å². The summed E-state index contributed by atoms with van der Waals surface area (Å²) in [5.74, 6) is -0.172. The molecule has 0 unspecified atom stereocenters. The van der Waals surface area contributed by atoms with Gasteiger partial charge in [0.2, 0.25) is 0 Å². The highest BCUT2D eigenvalue weighted by atomic mass is 16.5. The molecule has 28 heavy (non-hydrogen) atoms. The molecule has 1 aliphatic rings. The minimum absolute atomic E-state index is 0.0731. The lowest BCUT2D eigenvalue weighted by Crippen LogP contribution is -2.16. The number of carboxylic acid groups (broad SMARTS) is 1. The monoisotopic (exact) mass is 378 g/mol. The zero-order valence-corrected chi connectivity index (χ0v) is 15.9. The Hall–Kier alpha value is -3.08. The van der Waals surface area contributed by atoms with Crippen LogP contribution in [0.1, 0.15) is 48.8 Å². The van der Waals surface area contributed by atoms with Crippen molar-refractivity contribution in [2.45, 2.75) is 44.8 Å². The molecule has 5 nitrogen and oxygen atoms in total. The van der Waals surface area contributed by atoms with Crippen LogP contribution in [0.4, 0.5) is 5.69 Å². The molecule has 0 radical (unpaired) electrons. The van der Waals surface area contributed by atoms with Crippen molar-refractivity contribution in [2.24, 2.45) is 0 Å². The predicted octanol–water partition coefficient (Wildman–Crippen LogP) is 5.11. The quantitative estimate of drug-likeness (QED) is 0.530. The second-order valence-electron chi connectivity index (χ2n) is 7.18. The van der Waals surface area contributed by atoms with Crippen molar-refractivity contribution >= 4 is 23.4 Å². The molecule has 1 aliphatic carbocycles. The molecule has 1 fully saturated rings. The number of rotatable bonds is 9. The van der Waals surface area contributed by atoms with E-state index in [1.54, 1.807) is 0 Å². The van der Waals surface area contributed by atoms with Crippen molar-refractivity contribution in [1.82, 2.24) is 0 Å². The molecule has 3 rings (SSSR count). The van der Waals surface area contributed by atoms with Crippen LogP contribution in [0.15, 0.2) is 49.0 Å². The van der Waals surface area contributed by atoms with E-state index in [1.807, 2.05) is 36.4 Å². The summed E-state index contributed by atoms with van der Waals surface area (Å²) in [5, 5.41) is 20.0. The zero-order chi connectivity index (χ0) is 19.9. The number of hydrogen-bond acceptors (Lipinski definition) is 4. The van der Waals surface area contributed by atoms with Crippen molar-refractivity contribution < 1.29 is 14.6 Å². The van der Waals surface area contributed by atoms with Gasteiger partial charge in [0.25, 0.3) is 0 Å². The second kappa shape index (κ2) is 9.22. The van der Waals surface area contributed by atoms with Crippen LogP contribution in [0, 0.1) is 5.41 Å². The van der Waals surface area contributed by atoms with Crippen LogP contribution in [-0.2, 0) is 11.4 Å². The first-order valence-electron chi connectivity index (χ1n) is 9.58. The lowest BCUT2D eigenvalue weighted by atomic mass is 10.0. The summed E-state index contributed by atoms with van der Waals surface area (Å²) in [5.41, 5.74) is 4.28. The molecule has 0 bridgehead atoms. The zero-order valence-electron chi connectivity index (χ0n) is 15.9. The van der Waals surface area contributed by atoms with Gasteiger partial charge in [0, 0.05) is 23.5 Å². The second-order valence-corrected chi connectivity index (χ2v) is 7.18. The number of ether oxygens (including phenoxy) is 1. The molecule has 0 aliphatic heterocycles. The van der Waals surface area contributed by atoms with E-state index in [2.05, 4.69) is 18.0 Å². The highest BCUT2D eigenvalue weighted by Gasteiger charge is 2.16. The Morgan fingerprint density at radius 2 is 1.93 bits per heavy atom. The van der Waals surface area contributed by atoms with Crippen LogP contribution in [0.5, 0.6) is 5.75 Å². The number of hydrogen-bond donors (Lipinski definition) is 3. The highest BCUT2D eigenvalue weighted by Crippen LogP contribution is 2.26. The third-order valence-corrected chi connectivity index (χ3v) is 5.02. The average molecular weight is 378 g/mol. The molecular weight excluding hydrogens is 352 g/mol. The van der Waals surface area contributed by atoms with Gasteiger partial charge in [0.1, 0.15) is 12.4 Å². The predicted molar refractivity (Wildman–Crippen MR) is 112 cm³/mol. The molecule has 0 atom stereocenters. The number of benzene rings is 2. The van der Waals surface area contributed by atoms with Crippen molar-refractivity contribution in [3.63, 3.8) is 0 Å². The van der Waals surface area contributed by atoms with Crippen molar-refractivity contribution in [1.29, 1.82) is 5.41 Å². The fourth-order valence-electron chi connectivity index (χ4n) is 3.47. The maximum absolute atomic E-state index is 10.8. The summed E-state index contributed by atoms with van der Waals surface area (Å²) >= 11 is 0. The molecule has 3 N–H and O–H groups in total. The number of carbonyl (C=O) groups is 1. The van der Waals surface area contributed by atoms with Crippen LogP contribution in [-0.4, -0.2) is 23.3 Å². The summed E-state index contributed by atoms with van der Waals surface area (Å²) in [7, 11) is 0. The van der Waals surface area contributed by atoms with Crippen molar-refractivity contribution in [2.75, 3.05) is 5.32 Å².